The predicted molar refractivity (Wildman–Crippen MR) is 137 cm³/mol. The summed E-state index contributed by atoms with van der Waals surface area (Å²) >= 11 is 0. The van der Waals surface area contributed by atoms with Gasteiger partial charge in [0.15, 0.2) is 5.43 Å². The molecule has 7 heteroatoms. The fourth-order valence-electron chi connectivity index (χ4n) is 4.22. The Bertz CT molecular complexity index is 1410. The van der Waals surface area contributed by atoms with Gasteiger partial charge < -0.3 is 4.42 Å². The lowest BCUT2D eigenvalue weighted by Crippen LogP contribution is -2.45. The van der Waals surface area contributed by atoms with E-state index in [4.69, 9.17) is 4.42 Å². The summed E-state index contributed by atoms with van der Waals surface area (Å²) in [4.78, 5) is 15.6. The number of rotatable bonds is 3. The van der Waals surface area contributed by atoms with Gasteiger partial charge in [0.2, 0.25) is 10.0 Å². The molecule has 4 rings (SSSR count). The molecule has 0 radical (unpaired) electrons. The van der Waals surface area contributed by atoms with E-state index in [1.165, 1.54) is 6.26 Å². The first-order valence-electron chi connectivity index (χ1n) is 11.4. The molecule has 0 saturated carbocycles. The molecule has 1 fully saturated rings. The van der Waals surface area contributed by atoms with Crippen molar-refractivity contribution in [1.82, 2.24) is 4.90 Å². The van der Waals surface area contributed by atoms with E-state index in [0.717, 1.165) is 37.8 Å². The molecule has 34 heavy (non-hydrogen) atoms. The number of piperidine rings is 1. The zero-order valence-corrected chi connectivity index (χ0v) is 20.8. The molecule has 0 aliphatic carbocycles. The quantitative estimate of drug-likeness (QED) is 0.553. The van der Waals surface area contributed by atoms with Crippen molar-refractivity contribution in [2.24, 2.45) is 5.92 Å². The number of nitrogens with zero attached hydrogens (tertiary/aromatic N) is 1. The average molecular weight is 479 g/mol. The lowest BCUT2D eigenvalue weighted by atomic mass is 9.93. The number of hydrogen-bond acceptors (Lipinski definition) is 5. The van der Waals surface area contributed by atoms with Crippen LogP contribution >= 0.6 is 0 Å². The van der Waals surface area contributed by atoms with Crippen LogP contribution in [0.3, 0.4) is 0 Å². The van der Waals surface area contributed by atoms with Gasteiger partial charge in [0, 0.05) is 22.7 Å². The summed E-state index contributed by atoms with van der Waals surface area (Å²) in [7, 11) is -3.36. The molecular formula is C27H30N2O4S. The van der Waals surface area contributed by atoms with Gasteiger partial charge in [-0.2, -0.15) is 0 Å². The zero-order chi connectivity index (χ0) is 24.5. The largest absolute Gasteiger partial charge is 0.463 e. The van der Waals surface area contributed by atoms with Gasteiger partial charge >= 0.3 is 0 Å². The molecule has 1 saturated heterocycles. The predicted octanol–water partition coefficient (Wildman–Crippen LogP) is 4.69. The van der Waals surface area contributed by atoms with Gasteiger partial charge in [0.1, 0.15) is 11.8 Å². The molecule has 0 bridgehead atoms. The zero-order valence-electron chi connectivity index (χ0n) is 20.0. The Hall–Kier alpha value is -3.08. The number of hydrogen-bond donors (Lipinski definition) is 1. The number of likely N-dealkylation sites (tertiary alicyclic amines) is 1. The molecule has 0 atom stereocenters. The van der Waals surface area contributed by atoms with Crippen LogP contribution in [0.4, 0.5) is 5.69 Å². The van der Waals surface area contributed by atoms with Gasteiger partial charge in [-0.05, 0) is 82.6 Å². The van der Waals surface area contributed by atoms with Crippen LogP contribution in [0.15, 0.2) is 57.9 Å². The molecule has 3 aromatic rings. The SMILES string of the molecule is CC(C)(C)N1CCC(C#Cc2ccc3c(=O)c(-c4ccc(NS(C)(=O)=O)cc4)coc3c2)CC1. The van der Waals surface area contributed by atoms with Gasteiger partial charge in [-0.3, -0.25) is 14.4 Å². The number of nitrogens with one attached hydrogen (secondary N) is 1. The summed E-state index contributed by atoms with van der Waals surface area (Å²) in [6, 6.07) is 12.1. The lowest BCUT2D eigenvalue weighted by Gasteiger charge is -2.39. The van der Waals surface area contributed by atoms with Crippen molar-refractivity contribution in [3.63, 3.8) is 0 Å². The van der Waals surface area contributed by atoms with Crippen molar-refractivity contribution in [2.75, 3.05) is 24.1 Å². The lowest BCUT2D eigenvalue weighted by molar-refractivity contribution is 0.0987. The Morgan fingerprint density at radius 3 is 2.35 bits per heavy atom. The Balaban J connectivity index is 1.52. The maximum atomic E-state index is 13.1. The van der Waals surface area contributed by atoms with Gasteiger partial charge in [0.25, 0.3) is 0 Å². The van der Waals surface area contributed by atoms with Crippen molar-refractivity contribution in [3.8, 4) is 23.0 Å². The van der Waals surface area contributed by atoms with Gasteiger partial charge in [0.05, 0.1) is 17.2 Å². The molecule has 2 aromatic carbocycles. The normalized spacial score (nSPS) is 15.6. The fraction of sp³-hybridized carbons (Fsp3) is 0.370. The number of fused-ring (bicyclic) bond motifs is 1. The maximum absolute atomic E-state index is 13.1. The second-order valence-electron chi connectivity index (χ2n) is 9.84. The van der Waals surface area contributed by atoms with Crippen molar-refractivity contribution in [1.29, 1.82) is 0 Å². The van der Waals surface area contributed by atoms with Gasteiger partial charge in [-0.25, -0.2) is 8.42 Å². The number of sulfonamides is 1. The van der Waals surface area contributed by atoms with Crippen LogP contribution in [0, 0.1) is 17.8 Å². The van der Waals surface area contributed by atoms with Gasteiger partial charge in [-0.15, -0.1) is 0 Å². The summed E-state index contributed by atoms with van der Waals surface area (Å²) < 4.78 is 31.0. The van der Waals surface area contributed by atoms with Crippen molar-refractivity contribution < 1.29 is 12.8 Å². The average Bonchev–Trinajstić information content (AvgIpc) is 2.77. The molecule has 178 valence electrons. The summed E-state index contributed by atoms with van der Waals surface area (Å²) in [6.07, 6.45) is 4.67. The molecule has 0 unspecified atom stereocenters. The molecule has 0 amide bonds. The van der Waals surface area contributed by atoms with E-state index in [0.29, 0.717) is 33.7 Å². The second kappa shape index (κ2) is 9.28. The smallest absolute Gasteiger partial charge is 0.229 e. The van der Waals surface area contributed by atoms with E-state index in [9.17, 15) is 13.2 Å². The van der Waals surface area contributed by atoms with Crippen LogP contribution in [0.1, 0.15) is 39.2 Å². The second-order valence-corrected chi connectivity index (χ2v) is 11.6. The van der Waals surface area contributed by atoms with E-state index in [2.05, 4.69) is 42.2 Å². The van der Waals surface area contributed by atoms with Crippen LogP contribution in [-0.2, 0) is 10.0 Å². The first-order chi connectivity index (χ1) is 16.0. The minimum atomic E-state index is -3.36. The van der Waals surface area contributed by atoms with Crippen LogP contribution in [0.2, 0.25) is 0 Å². The summed E-state index contributed by atoms with van der Waals surface area (Å²) in [6.45, 7) is 8.86. The summed E-state index contributed by atoms with van der Waals surface area (Å²) in [5.74, 6) is 7.05. The summed E-state index contributed by atoms with van der Waals surface area (Å²) in [5, 5.41) is 0.486. The van der Waals surface area contributed by atoms with E-state index in [1.807, 2.05) is 12.1 Å². The minimum Gasteiger partial charge on any atom is -0.463 e. The van der Waals surface area contributed by atoms with Crippen LogP contribution < -0.4 is 10.2 Å². The van der Waals surface area contributed by atoms with Crippen LogP contribution in [-0.4, -0.2) is 38.2 Å². The fourth-order valence-corrected chi connectivity index (χ4v) is 4.78. The Morgan fingerprint density at radius 2 is 1.74 bits per heavy atom. The standard InChI is InChI=1S/C27H30N2O4S/c1-27(2,3)29-15-13-19(14-16-29)5-6-20-7-12-23-25(17-20)33-18-24(26(23)30)21-8-10-22(11-9-21)28-34(4,31)32/h7-12,17-19,28H,13-16H2,1-4H3. The van der Waals surface area contributed by atoms with E-state index < -0.39 is 10.0 Å². The first kappa shape index (κ1) is 24.1. The first-order valence-corrected chi connectivity index (χ1v) is 13.3. The molecule has 1 aliphatic heterocycles. The molecule has 1 aliphatic rings. The van der Waals surface area contributed by atoms with E-state index in [-0.39, 0.29) is 11.0 Å². The van der Waals surface area contributed by atoms with Crippen molar-refractivity contribution in [2.45, 2.75) is 39.2 Å². The van der Waals surface area contributed by atoms with Gasteiger partial charge in [-0.1, -0.05) is 24.0 Å². The topological polar surface area (TPSA) is 79.6 Å². The summed E-state index contributed by atoms with van der Waals surface area (Å²) in [5.41, 5.74) is 2.89. The maximum Gasteiger partial charge on any atom is 0.229 e. The molecule has 1 N–H and O–H groups in total. The highest BCUT2D eigenvalue weighted by molar-refractivity contribution is 7.92. The molecular weight excluding hydrogens is 448 g/mol. The number of benzene rings is 2. The molecule has 6 nitrogen and oxygen atoms in total. The molecule has 1 aromatic heterocycles. The minimum absolute atomic E-state index is 0.140. The molecule has 2 heterocycles. The van der Waals surface area contributed by atoms with E-state index in [1.54, 1.807) is 30.3 Å². The monoisotopic (exact) mass is 478 g/mol. The Labute approximate surface area is 201 Å². The third kappa shape index (κ3) is 5.69. The highest BCUT2D eigenvalue weighted by atomic mass is 32.2. The van der Waals surface area contributed by atoms with Crippen LogP contribution in [0.25, 0.3) is 22.1 Å². The Kier molecular flexibility index (Phi) is 6.57. The number of anilines is 1. The van der Waals surface area contributed by atoms with E-state index >= 15 is 0 Å². The third-order valence-corrected chi connectivity index (χ3v) is 6.74. The Morgan fingerprint density at radius 1 is 1.06 bits per heavy atom. The van der Waals surface area contributed by atoms with Crippen molar-refractivity contribution >= 4 is 26.7 Å². The highest BCUT2D eigenvalue weighted by Crippen LogP contribution is 2.24. The highest BCUT2D eigenvalue weighted by Gasteiger charge is 2.26. The van der Waals surface area contributed by atoms with Crippen LogP contribution in [0.5, 0.6) is 0 Å². The molecule has 0 spiro atoms. The third-order valence-electron chi connectivity index (χ3n) is 6.14. The van der Waals surface area contributed by atoms with Crippen molar-refractivity contribution in [3.05, 3.63) is 64.5 Å².